The van der Waals surface area contributed by atoms with Gasteiger partial charge in [-0.15, -0.1) is 6.58 Å². The van der Waals surface area contributed by atoms with E-state index in [-0.39, 0.29) is 23.6 Å². The van der Waals surface area contributed by atoms with Crippen molar-refractivity contribution in [1.29, 1.82) is 0 Å². The molecule has 0 atom stereocenters. The van der Waals surface area contributed by atoms with Gasteiger partial charge in [0.05, 0.1) is 35.9 Å². The van der Waals surface area contributed by atoms with Gasteiger partial charge in [0.15, 0.2) is 0 Å². The molecule has 27 heavy (non-hydrogen) atoms. The van der Waals surface area contributed by atoms with Crippen LogP contribution >= 0.6 is 0 Å². The molecule has 0 heterocycles. The number of hydrogen-bond donors (Lipinski definition) is 0. The van der Waals surface area contributed by atoms with Crippen molar-refractivity contribution in [3.63, 3.8) is 0 Å². The fourth-order valence-electron chi connectivity index (χ4n) is 2.46. The standard InChI is InChI=1S/C20H23NO5S/c1-4-14-21(17-9-7-8-16(15-17)20(22)26-6-3)27(23,24)19-12-10-18(11-13-19)25-5-2/h4,7-13,15H,1,5-6,14H2,2-3H3. The third-order valence-corrected chi connectivity index (χ3v) is 5.47. The average Bonchev–Trinajstić information content (AvgIpc) is 2.67. The van der Waals surface area contributed by atoms with E-state index in [1.54, 1.807) is 37.3 Å². The Balaban J connectivity index is 2.42. The second kappa shape index (κ2) is 9.23. The minimum Gasteiger partial charge on any atom is -0.494 e. The van der Waals surface area contributed by atoms with E-state index in [1.165, 1.54) is 28.6 Å². The first-order chi connectivity index (χ1) is 12.9. The van der Waals surface area contributed by atoms with E-state index in [9.17, 15) is 13.2 Å². The Morgan fingerprint density at radius 3 is 2.41 bits per heavy atom. The molecule has 0 amide bonds. The van der Waals surface area contributed by atoms with Gasteiger partial charge in [0.2, 0.25) is 0 Å². The lowest BCUT2D eigenvalue weighted by molar-refractivity contribution is 0.0526. The predicted molar refractivity (Wildman–Crippen MR) is 105 cm³/mol. The summed E-state index contributed by atoms with van der Waals surface area (Å²) in [5.74, 6) is 0.0902. The van der Waals surface area contributed by atoms with Crippen molar-refractivity contribution in [2.75, 3.05) is 24.1 Å². The van der Waals surface area contributed by atoms with Crippen LogP contribution in [0.4, 0.5) is 5.69 Å². The number of ether oxygens (including phenoxy) is 2. The number of carbonyl (C=O) groups is 1. The first-order valence-corrected chi connectivity index (χ1v) is 10.0. The van der Waals surface area contributed by atoms with E-state index >= 15 is 0 Å². The monoisotopic (exact) mass is 389 g/mol. The summed E-state index contributed by atoms with van der Waals surface area (Å²) in [4.78, 5) is 12.1. The van der Waals surface area contributed by atoms with Crippen molar-refractivity contribution >= 4 is 21.7 Å². The first kappa shape index (κ1) is 20.5. The van der Waals surface area contributed by atoms with E-state index in [2.05, 4.69) is 6.58 Å². The summed E-state index contributed by atoms with van der Waals surface area (Å²) in [6.45, 7) is 8.00. The van der Waals surface area contributed by atoms with Crippen molar-refractivity contribution in [1.82, 2.24) is 0 Å². The van der Waals surface area contributed by atoms with E-state index < -0.39 is 16.0 Å². The molecule has 2 rings (SSSR count). The summed E-state index contributed by atoms with van der Waals surface area (Å²) in [5, 5.41) is 0. The Morgan fingerprint density at radius 1 is 1.11 bits per heavy atom. The van der Waals surface area contributed by atoms with Crippen LogP contribution < -0.4 is 9.04 Å². The van der Waals surface area contributed by atoms with Crippen molar-refractivity contribution < 1.29 is 22.7 Å². The number of rotatable bonds is 9. The van der Waals surface area contributed by atoms with Gasteiger partial charge in [0.1, 0.15) is 5.75 Å². The molecule has 0 fully saturated rings. The van der Waals surface area contributed by atoms with Gasteiger partial charge in [0, 0.05) is 0 Å². The Labute approximate surface area is 160 Å². The smallest absolute Gasteiger partial charge is 0.338 e. The third kappa shape index (κ3) is 4.89. The fraction of sp³-hybridized carbons (Fsp3) is 0.250. The van der Waals surface area contributed by atoms with Crippen molar-refractivity contribution in [3.05, 3.63) is 66.7 Å². The van der Waals surface area contributed by atoms with Gasteiger partial charge in [-0.1, -0.05) is 12.1 Å². The maximum absolute atomic E-state index is 13.1. The zero-order valence-corrected chi connectivity index (χ0v) is 16.2. The van der Waals surface area contributed by atoms with Crippen LogP contribution in [0.3, 0.4) is 0 Å². The van der Waals surface area contributed by atoms with Gasteiger partial charge < -0.3 is 9.47 Å². The van der Waals surface area contributed by atoms with Crippen LogP contribution in [0, 0.1) is 0 Å². The number of benzene rings is 2. The number of anilines is 1. The van der Waals surface area contributed by atoms with Gasteiger partial charge in [-0.2, -0.15) is 0 Å². The molecule has 0 saturated heterocycles. The van der Waals surface area contributed by atoms with Crippen LogP contribution in [0.15, 0.2) is 66.1 Å². The van der Waals surface area contributed by atoms with Crippen LogP contribution in [0.5, 0.6) is 5.75 Å². The van der Waals surface area contributed by atoms with Crippen LogP contribution in [-0.4, -0.2) is 34.1 Å². The lowest BCUT2D eigenvalue weighted by atomic mass is 10.2. The molecule has 0 aliphatic carbocycles. The molecule has 7 heteroatoms. The SMILES string of the molecule is C=CCN(c1cccc(C(=O)OCC)c1)S(=O)(=O)c1ccc(OCC)cc1. The molecule has 0 spiro atoms. The lowest BCUT2D eigenvalue weighted by Crippen LogP contribution is -2.31. The molecule has 0 saturated carbocycles. The summed E-state index contributed by atoms with van der Waals surface area (Å²) in [6.07, 6.45) is 1.49. The summed E-state index contributed by atoms with van der Waals surface area (Å²) in [5.41, 5.74) is 0.639. The zero-order chi connectivity index (χ0) is 19.9. The highest BCUT2D eigenvalue weighted by atomic mass is 32.2. The Bertz CT molecular complexity index is 891. The molecule has 0 unspecified atom stereocenters. The number of carbonyl (C=O) groups excluding carboxylic acids is 1. The molecule has 6 nitrogen and oxygen atoms in total. The fourth-order valence-corrected chi connectivity index (χ4v) is 3.89. The Morgan fingerprint density at radius 2 is 1.81 bits per heavy atom. The van der Waals surface area contributed by atoms with E-state index in [0.29, 0.717) is 18.0 Å². The Hall–Kier alpha value is -2.80. The molecule has 2 aromatic rings. The maximum Gasteiger partial charge on any atom is 0.338 e. The van der Waals surface area contributed by atoms with Crippen molar-refractivity contribution in [2.45, 2.75) is 18.7 Å². The number of nitrogens with zero attached hydrogens (tertiary/aromatic N) is 1. The highest BCUT2D eigenvalue weighted by molar-refractivity contribution is 7.92. The van der Waals surface area contributed by atoms with Crippen LogP contribution in [-0.2, 0) is 14.8 Å². The zero-order valence-electron chi connectivity index (χ0n) is 15.4. The number of esters is 1. The molecule has 0 radical (unpaired) electrons. The summed E-state index contributed by atoms with van der Waals surface area (Å²) >= 11 is 0. The van der Waals surface area contributed by atoms with E-state index in [4.69, 9.17) is 9.47 Å². The van der Waals surface area contributed by atoms with Gasteiger partial charge >= 0.3 is 5.97 Å². The van der Waals surface area contributed by atoms with Crippen molar-refractivity contribution in [3.8, 4) is 5.75 Å². The second-order valence-corrected chi connectivity index (χ2v) is 7.36. The lowest BCUT2D eigenvalue weighted by Gasteiger charge is -2.23. The molecule has 144 valence electrons. The Kier molecular flexibility index (Phi) is 7.01. The molecule has 0 N–H and O–H groups in total. The van der Waals surface area contributed by atoms with Crippen LogP contribution in [0.1, 0.15) is 24.2 Å². The van der Waals surface area contributed by atoms with Crippen LogP contribution in [0.2, 0.25) is 0 Å². The normalized spacial score (nSPS) is 10.9. The minimum absolute atomic E-state index is 0.0574. The molecule has 0 aliphatic heterocycles. The predicted octanol–water partition coefficient (Wildman–Crippen LogP) is 3.64. The highest BCUT2D eigenvalue weighted by Gasteiger charge is 2.25. The molecular formula is C20H23NO5S. The van der Waals surface area contributed by atoms with Gasteiger partial charge in [-0.25, -0.2) is 13.2 Å². The summed E-state index contributed by atoms with van der Waals surface area (Å²) in [6, 6.07) is 12.5. The maximum atomic E-state index is 13.1. The van der Waals surface area contributed by atoms with Gasteiger partial charge in [-0.05, 0) is 56.3 Å². The van der Waals surface area contributed by atoms with Gasteiger partial charge in [-0.3, -0.25) is 4.31 Å². The largest absolute Gasteiger partial charge is 0.494 e. The highest BCUT2D eigenvalue weighted by Crippen LogP contribution is 2.26. The minimum atomic E-state index is -3.85. The van der Waals surface area contributed by atoms with Gasteiger partial charge in [0.25, 0.3) is 10.0 Å². The number of sulfonamides is 1. The molecule has 0 aliphatic rings. The number of hydrogen-bond acceptors (Lipinski definition) is 5. The first-order valence-electron chi connectivity index (χ1n) is 8.57. The van der Waals surface area contributed by atoms with E-state index in [1.807, 2.05) is 6.92 Å². The second-order valence-electron chi connectivity index (χ2n) is 5.50. The molecular weight excluding hydrogens is 366 g/mol. The summed E-state index contributed by atoms with van der Waals surface area (Å²) in [7, 11) is -3.85. The summed E-state index contributed by atoms with van der Waals surface area (Å²) < 4.78 is 37.8. The molecule has 0 bridgehead atoms. The molecule has 0 aromatic heterocycles. The van der Waals surface area contributed by atoms with E-state index in [0.717, 1.165) is 0 Å². The van der Waals surface area contributed by atoms with Crippen LogP contribution in [0.25, 0.3) is 0 Å². The average molecular weight is 389 g/mol. The van der Waals surface area contributed by atoms with Crippen molar-refractivity contribution in [2.24, 2.45) is 0 Å². The topological polar surface area (TPSA) is 72.9 Å². The molecule has 2 aromatic carbocycles. The third-order valence-electron chi connectivity index (χ3n) is 3.66. The quantitative estimate of drug-likeness (QED) is 0.484.